The van der Waals surface area contributed by atoms with Crippen LogP contribution in [0.25, 0.3) is 5.76 Å². The highest BCUT2D eigenvalue weighted by Gasteiger charge is 2.45. The zero-order chi connectivity index (χ0) is 18.8. The van der Waals surface area contributed by atoms with Gasteiger partial charge in [-0.15, -0.1) is 0 Å². The van der Waals surface area contributed by atoms with Crippen molar-refractivity contribution >= 4 is 33.4 Å². The van der Waals surface area contributed by atoms with E-state index in [0.29, 0.717) is 24.1 Å². The molecule has 0 spiro atoms. The first-order valence-corrected chi connectivity index (χ1v) is 9.03. The predicted octanol–water partition coefficient (Wildman–Crippen LogP) is 4.42. The van der Waals surface area contributed by atoms with Gasteiger partial charge in [-0.2, -0.15) is 0 Å². The van der Waals surface area contributed by atoms with Crippen LogP contribution in [0.2, 0.25) is 0 Å². The van der Waals surface area contributed by atoms with Crippen LogP contribution in [0.1, 0.15) is 30.5 Å². The molecule has 0 bridgehead atoms. The maximum absolute atomic E-state index is 13.3. The summed E-state index contributed by atoms with van der Waals surface area (Å²) in [6, 6.07) is 11.7. The fourth-order valence-electron chi connectivity index (χ4n) is 3.11. The van der Waals surface area contributed by atoms with Gasteiger partial charge in [-0.25, -0.2) is 4.39 Å². The molecule has 6 heteroatoms. The number of halogens is 2. The van der Waals surface area contributed by atoms with Crippen molar-refractivity contribution in [2.75, 3.05) is 6.54 Å². The third kappa shape index (κ3) is 3.29. The van der Waals surface area contributed by atoms with Gasteiger partial charge in [0.15, 0.2) is 0 Å². The van der Waals surface area contributed by atoms with E-state index in [1.54, 1.807) is 24.3 Å². The molecule has 134 valence electrons. The number of hydrogen-bond donors (Lipinski definition) is 1. The van der Waals surface area contributed by atoms with E-state index in [1.165, 1.54) is 29.2 Å². The van der Waals surface area contributed by atoms with Gasteiger partial charge in [0.2, 0.25) is 0 Å². The highest BCUT2D eigenvalue weighted by Crippen LogP contribution is 2.39. The third-order valence-corrected chi connectivity index (χ3v) is 4.84. The molecule has 1 N–H and O–H groups in total. The van der Waals surface area contributed by atoms with Gasteiger partial charge in [0, 0.05) is 16.6 Å². The Bertz CT molecular complexity index is 875. The molecule has 1 unspecified atom stereocenters. The van der Waals surface area contributed by atoms with Gasteiger partial charge >= 0.3 is 0 Å². The topological polar surface area (TPSA) is 57.6 Å². The number of Topliss-reactive ketones (excluding diaryl/α,β-unsaturated/α-hetero) is 1. The Hall–Kier alpha value is -2.47. The minimum atomic E-state index is -0.737. The molecule has 1 heterocycles. The van der Waals surface area contributed by atoms with Gasteiger partial charge in [0.1, 0.15) is 11.6 Å². The number of carbonyl (C=O) groups excluding carboxylic acids is 2. The molecule has 1 saturated heterocycles. The quantitative estimate of drug-likeness (QED) is 0.455. The van der Waals surface area contributed by atoms with Crippen LogP contribution < -0.4 is 0 Å². The molecule has 0 aromatic heterocycles. The van der Waals surface area contributed by atoms with Crippen LogP contribution in [0.3, 0.4) is 0 Å². The number of rotatable bonds is 4. The van der Waals surface area contributed by atoms with Crippen molar-refractivity contribution in [3.63, 3.8) is 0 Å². The molecule has 1 aliphatic heterocycles. The molecule has 1 aliphatic rings. The number of amides is 1. The van der Waals surface area contributed by atoms with E-state index in [9.17, 15) is 19.1 Å². The lowest BCUT2D eigenvalue weighted by Gasteiger charge is -2.24. The van der Waals surface area contributed by atoms with Crippen LogP contribution in [0.4, 0.5) is 4.39 Å². The first-order chi connectivity index (χ1) is 12.4. The van der Waals surface area contributed by atoms with Crippen LogP contribution in [0, 0.1) is 5.82 Å². The summed E-state index contributed by atoms with van der Waals surface area (Å²) in [5.74, 6) is -2.02. The van der Waals surface area contributed by atoms with Gasteiger partial charge in [0.05, 0.1) is 11.6 Å². The van der Waals surface area contributed by atoms with Crippen molar-refractivity contribution in [1.82, 2.24) is 4.90 Å². The second-order valence-electron chi connectivity index (χ2n) is 6.05. The van der Waals surface area contributed by atoms with Crippen LogP contribution in [0.5, 0.6) is 0 Å². The maximum Gasteiger partial charge on any atom is 0.295 e. The van der Waals surface area contributed by atoms with Gasteiger partial charge < -0.3 is 10.0 Å². The number of aliphatic hydroxyl groups excluding tert-OH is 1. The van der Waals surface area contributed by atoms with E-state index in [-0.39, 0.29) is 11.3 Å². The third-order valence-electron chi connectivity index (χ3n) is 4.31. The second-order valence-corrected chi connectivity index (χ2v) is 6.97. The summed E-state index contributed by atoms with van der Waals surface area (Å²) in [6.07, 6.45) is 0.656. The zero-order valence-electron chi connectivity index (χ0n) is 14.1. The lowest BCUT2D eigenvalue weighted by molar-refractivity contribution is -0.139. The Morgan fingerprint density at radius 3 is 2.31 bits per heavy atom. The van der Waals surface area contributed by atoms with E-state index in [1.807, 2.05) is 6.92 Å². The summed E-state index contributed by atoms with van der Waals surface area (Å²) in [5.41, 5.74) is 1.05. The molecule has 0 radical (unpaired) electrons. The molecule has 3 rings (SSSR count). The molecular formula is C20H17BrFNO3. The Labute approximate surface area is 159 Å². The Kier molecular flexibility index (Phi) is 5.23. The summed E-state index contributed by atoms with van der Waals surface area (Å²) in [5, 5.41) is 10.8. The number of hydrogen-bond acceptors (Lipinski definition) is 3. The normalized spacial score (nSPS) is 19.2. The number of nitrogens with zero attached hydrogens (tertiary/aromatic N) is 1. The average Bonchev–Trinajstić information content (AvgIpc) is 2.88. The van der Waals surface area contributed by atoms with E-state index in [4.69, 9.17) is 0 Å². The lowest BCUT2D eigenvalue weighted by Crippen LogP contribution is -2.30. The summed E-state index contributed by atoms with van der Waals surface area (Å²) in [4.78, 5) is 26.6. The SMILES string of the molecule is CCCN1C(=O)C(=O)/C(=C(\O)c2ccc(Br)cc2)C1c1ccc(F)cc1. The predicted molar refractivity (Wildman–Crippen MR) is 99.8 cm³/mol. The second kappa shape index (κ2) is 7.41. The molecule has 0 aliphatic carbocycles. The first-order valence-electron chi connectivity index (χ1n) is 8.24. The van der Waals surface area contributed by atoms with E-state index >= 15 is 0 Å². The summed E-state index contributed by atoms with van der Waals surface area (Å²) >= 11 is 3.32. The van der Waals surface area contributed by atoms with Crippen molar-refractivity contribution in [2.45, 2.75) is 19.4 Å². The minimum absolute atomic E-state index is 0.0254. The van der Waals surface area contributed by atoms with Crippen molar-refractivity contribution in [1.29, 1.82) is 0 Å². The Balaban J connectivity index is 2.17. The molecule has 2 aromatic carbocycles. The van der Waals surface area contributed by atoms with Crippen molar-refractivity contribution in [2.24, 2.45) is 0 Å². The molecule has 26 heavy (non-hydrogen) atoms. The minimum Gasteiger partial charge on any atom is -0.507 e. The van der Waals surface area contributed by atoms with Crippen LogP contribution >= 0.6 is 15.9 Å². The van der Waals surface area contributed by atoms with Crippen molar-refractivity contribution in [3.05, 3.63) is 75.5 Å². The largest absolute Gasteiger partial charge is 0.507 e. The number of ketones is 1. The zero-order valence-corrected chi connectivity index (χ0v) is 15.7. The van der Waals surface area contributed by atoms with Gasteiger partial charge in [-0.05, 0) is 36.2 Å². The van der Waals surface area contributed by atoms with Gasteiger partial charge in [-0.1, -0.05) is 47.1 Å². The van der Waals surface area contributed by atoms with Crippen LogP contribution in [0.15, 0.2) is 58.6 Å². The number of aliphatic hydroxyl groups is 1. The lowest BCUT2D eigenvalue weighted by atomic mass is 9.95. The maximum atomic E-state index is 13.3. The van der Waals surface area contributed by atoms with E-state index in [0.717, 1.165) is 4.47 Å². The monoisotopic (exact) mass is 417 g/mol. The highest BCUT2D eigenvalue weighted by molar-refractivity contribution is 9.10. The molecule has 1 fully saturated rings. The molecule has 2 aromatic rings. The van der Waals surface area contributed by atoms with Crippen molar-refractivity contribution in [3.8, 4) is 0 Å². The smallest absolute Gasteiger partial charge is 0.295 e. The first kappa shape index (κ1) is 18.3. The fourth-order valence-corrected chi connectivity index (χ4v) is 3.37. The van der Waals surface area contributed by atoms with Gasteiger partial charge in [-0.3, -0.25) is 9.59 Å². The summed E-state index contributed by atoms with van der Waals surface area (Å²) < 4.78 is 14.1. The fraction of sp³-hybridized carbons (Fsp3) is 0.200. The van der Waals surface area contributed by atoms with Crippen molar-refractivity contribution < 1.29 is 19.1 Å². The number of benzene rings is 2. The number of likely N-dealkylation sites (tertiary alicyclic amines) is 1. The Morgan fingerprint density at radius 2 is 1.73 bits per heavy atom. The molecule has 1 atom stereocenters. The standard InChI is InChI=1S/C20H17BrFNO3/c1-2-11-23-17(12-5-9-15(22)10-6-12)16(19(25)20(23)26)18(24)13-3-7-14(21)8-4-13/h3-10,17,24H,2,11H2,1H3/b18-16-. The molecule has 4 nitrogen and oxygen atoms in total. The summed E-state index contributed by atoms with van der Waals surface area (Å²) in [7, 11) is 0. The van der Waals surface area contributed by atoms with Crippen LogP contribution in [-0.4, -0.2) is 28.2 Å². The molecule has 0 saturated carbocycles. The molecular weight excluding hydrogens is 401 g/mol. The number of carbonyl (C=O) groups is 2. The van der Waals surface area contributed by atoms with E-state index in [2.05, 4.69) is 15.9 Å². The average molecular weight is 418 g/mol. The van der Waals surface area contributed by atoms with Gasteiger partial charge in [0.25, 0.3) is 11.7 Å². The van der Waals surface area contributed by atoms with E-state index < -0.39 is 23.5 Å². The van der Waals surface area contributed by atoms with Crippen LogP contribution in [-0.2, 0) is 9.59 Å². The highest BCUT2D eigenvalue weighted by atomic mass is 79.9. The summed E-state index contributed by atoms with van der Waals surface area (Å²) in [6.45, 7) is 2.26. The Morgan fingerprint density at radius 1 is 1.12 bits per heavy atom. The molecule has 1 amide bonds.